The van der Waals surface area contributed by atoms with Gasteiger partial charge in [-0.1, -0.05) is 49.4 Å². The van der Waals surface area contributed by atoms with Crippen LogP contribution in [0.3, 0.4) is 0 Å². The minimum absolute atomic E-state index is 0.189. The van der Waals surface area contributed by atoms with Gasteiger partial charge in [0.25, 0.3) is 11.5 Å². The Hall–Kier alpha value is -3.45. The van der Waals surface area contributed by atoms with Crippen LogP contribution in [0.1, 0.15) is 35.0 Å². The molecule has 1 fully saturated rings. The average molecular weight is 446 g/mol. The molecule has 3 aromatic rings. The van der Waals surface area contributed by atoms with E-state index in [0.29, 0.717) is 13.1 Å². The summed E-state index contributed by atoms with van der Waals surface area (Å²) in [6, 6.07) is 21.7. The molecule has 0 radical (unpaired) electrons. The number of piperazine rings is 1. The standard InChI is InChI=1S/C26H31N5O2/c1-2-14-31-25(32)13-12-24(28-31)26(33)27-19-21-8-6-7-9-22(21)20-29-15-17-30(18-16-29)23-10-4-3-5-11-23/h3-13H,2,14-20H2,1H3,(H,27,33). The molecule has 0 aliphatic carbocycles. The molecule has 7 nitrogen and oxygen atoms in total. The van der Waals surface area contributed by atoms with Crippen LogP contribution in [0.15, 0.2) is 71.5 Å². The largest absolute Gasteiger partial charge is 0.369 e. The highest BCUT2D eigenvalue weighted by molar-refractivity contribution is 5.91. The van der Waals surface area contributed by atoms with E-state index in [1.807, 2.05) is 25.1 Å². The third kappa shape index (κ3) is 5.87. The second-order valence-corrected chi connectivity index (χ2v) is 8.33. The number of carbonyl (C=O) groups is 1. The van der Waals surface area contributed by atoms with Crippen molar-refractivity contribution in [3.05, 3.63) is 93.9 Å². The van der Waals surface area contributed by atoms with E-state index < -0.39 is 0 Å². The van der Waals surface area contributed by atoms with Crippen LogP contribution in [0.2, 0.25) is 0 Å². The van der Waals surface area contributed by atoms with E-state index in [-0.39, 0.29) is 17.2 Å². The number of amides is 1. The van der Waals surface area contributed by atoms with Crippen LogP contribution < -0.4 is 15.8 Å². The fourth-order valence-electron chi connectivity index (χ4n) is 4.14. The number of nitrogens with zero attached hydrogens (tertiary/aromatic N) is 4. The molecule has 1 saturated heterocycles. The predicted molar refractivity (Wildman–Crippen MR) is 130 cm³/mol. The van der Waals surface area contributed by atoms with Crippen LogP contribution in [0.25, 0.3) is 0 Å². The summed E-state index contributed by atoms with van der Waals surface area (Å²) in [6.07, 6.45) is 0.783. The van der Waals surface area contributed by atoms with Crippen molar-refractivity contribution in [2.45, 2.75) is 33.0 Å². The maximum absolute atomic E-state index is 12.7. The van der Waals surface area contributed by atoms with Gasteiger partial charge in [0.2, 0.25) is 0 Å². The fourth-order valence-corrected chi connectivity index (χ4v) is 4.14. The Bertz CT molecular complexity index is 1120. The first kappa shape index (κ1) is 22.7. The molecule has 2 aromatic carbocycles. The summed E-state index contributed by atoms with van der Waals surface area (Å²) < 4.78 is 1.35. The maximum atomic E-state index is 12.7. The lowest BCUT2D eigenvalue weighted by molar-refractivity contribution is 0.0943. The Morgan fingerprint density at radius 1 is 0.909 bits per heavy atom. The van der Waals surface area contributed by atoms with E-state index in [0.717, 1.165) is 44.7 Å². The minimum atomic E-state index is -0.272. The van der Waals surface area contributed by atoms with E-state index in [2.05, 4.69) is 56.6 Å². The highest BCUT2D eigenvalue weighted by Crippen LogP contribution is 2.18. The first-order chi connectivity index (χ1) is 16.1. The molecule has 0 spiro atoms. The Morgan fingerprint density at radius 3 is 2.33 bits per heavy atom. The lowest BCUT2D eigenvalue weighted by Crippen LogP contribution is -2.46. The van der Waals surface area contributed by atoms with Crippen molar-refractivity contribution in [2.75, 3.05) is 31.1 Å². The Kier molecular flexibility index (Phi) is 7.52. The van der Waals surface area contributed by atoms with Crippen molar-refractivity contribution in [2.24, 2.45) is 0 Å². The molecule has 1 aliphatic heterocycles. The second kappa shape index (κ2) is 10.9. The first-order valence-electron chi connectivity index (χ1n) is 11.6. The zero-order chi connectivity index (χ0) is 23.0. The lowest BCUT2D eigenvalue weighted by Gasteiger charge is -2.36. The molecule has 0 saturated carbocycles. The molecule has 1 aromatic heterocycles. The molecule has 0 unspecified atom stereocenters. The molecular weight excluding hydrogens is 414 g/mol. The van der Waals surface area contributed by atoms with Gasteiger partial charge in [-0.3, -0.25) is 14.5 Å². The smallest absolute Gasteiger partial charge is 0.271 e. The van der Waals surface area contributed by atoms with Crippen molar-refractivity contribution >= 4 is 11.6 Å². The Morgan fingerprint density at radius 2 is 1.61 bits per heavy atom. The van der Waals surface area contributed by atoms with Gasteiger partial charge in [-0.05, 0) is 35.7 Å². The summed E-state index contributed by atoms with van der Waals surface area (Å²) in [5, 5.41) is 7.17. The van der Waals surface area contributed by atoms with E-state index in [1.165, 1.54) is 28.1 Å². The monoisotopic (exact) mass is 445 g/mol. The number of rotatable bonds is 8. The van der Waals surface area contributed by atoms with Gasteiger partial charge in [-0.2, -0.15) is 5.10 Å². The summed E-state index contributed by atoms with van der Waals surface area (Å²) in [7, 11) is 0. The highest BCUT2D eigenvalue weighted by atomic mass is 16.2. The van der Waals surface area contributed by atoms with E-state index in [9.17, 15) is 9.59 Å². The number of benzene rings is 2. The van der Waals surface area contributed by atoms with E-state index >= 15 is 0 Å². The number of aryl methyl sites for hydroxylation is 1. The number of carbonyl (C=O) groups excluding carboxylic acids is 1. The van der Waals surface area contributed by atoms with Gasteiger partial charge in [-0.15, -0.1) is 0 Å². The first-order valence-corrected chi connectivity index (χ1v) is 11.6. The number of nitrogens with one attached hydrogen (secondary N) is 1. The van der Waals surface area contributed by atoms with Crippen molar-refractivity contribution in [1.29, 1.82) is 0 Å². The van der Waals surface area contributed by atoms with Crippen LogP contribution in [0.5, 0.6) is 0 Å². The van der Waals surface area contributed by atoms with Gasteiger partial charge in [-0.25, -0.2) is 4.68 Å². The molecule has 1 aliphatic rings. The average Bonchev–Trinajstić information content (AvgIpc) is 2.86. The minimum Gasteiger partial charge on any atom is -0.369 e. The number of anilines is 1. The van der Waals surface area contributed by atoms with Crippen molar-refractivity contribution in [3.8, 4) is 0 Å². The van der Waals surface area contributed by atoms with Crippen molar-refractivity contribution in [3.63, 3.8) is 0 Å². The molecule has 0 atom stereocenters. The molecule has 0 bridgehead atoms. The van der Waals surface area contributed by atoms with Crippen LogP contribution in [0, 0.1) is 0 Å². The molecule has 2 heterocycles. The summed E-state index contributed by atoms with van der Waals surface area (Å²) in [4.78, 5) is 29.4. The van der Waals surface area contributed by atoms with E-state index in [1.54, 1.807) is 0 Å². The Balaban J connectivity index is 1.35. The van der Waals surface area contributed by atoms with Gasteiger partial charge >= 0.3 is 0 Å². The molecule has 33 heavy (non-hydrogen) atoms. The summed E-state index contributed by atoms with van der Waals surface area (Å²) in [5.74, 6) is -0.272. The number of aromatic nitrogens is 2. The topological polar surface area (TPSA) is 70.5 Å². The van der Waals surface area contributed by atoms with Crippen molar-refractivity contribution in [1.82, 2.24) is 20.0 Å². The van der Waals surface area contributed by atoms with Gasteiger partial charge in [0.15, 0.2) is 0 Å². The third-order valence-electron chi connectivity index (χ3n) is 5.98. The number of hydrogen-bond donors (Lipinski definition) is 1. The lowest BCUT2D eigenvalue weighted by atomic mass is 10.1. The quantitative estimate of drug-likeness (QED) is 0.577. The molecule has 1 N–H and O–H groups in total. The van der Waals surface area contributed by atoms with Gasteiger partial charge < -0.3 is 10.2 Å². The Labute approximate surface area is 194 Å². The maximum Gasteiger partial charge on any atom is 0.271 e. The van der Waals surface area contributed by atoms with Crippen LogP contribution in [0.4, 0.5) is 5.69 Å². The number of hydrogen-bond acceptors (Lipinski definition) is 5. The summed E-state index contributed by atoms with van der Waals surface area (Å²) >= 11 is 0. The zero-order valence-corrected chi connectivity index (χ0v) is 19.1. The molecule has 7 heteroatoms. The van der Waals surface area contributed by atoms with Crippen LogP contribution in [-0.4, -0.2) is 46.8 Å². The molecule has 1 amide bonds. The summed E-state index contributed by atoms with van der Waals surface area (Å²) in [6.45, 7) is 7.75. The number of para-hydroxylation sites is 1. The van der Waals surface area contributed by atoms with Crippen molar-refractivity contribution < 1.29 is 4.79 Å². The zero-order valence-electron chi connectivity index (χ0n) is 19.1. The SMILES string of the molecule is CCCn1nc(C(=O)NCc2ccccc2CN2CCN(c3ccccc3)CC2)ccc1=O. The molecular formula is C26H31N5O2. The fraction of sp³-hybridized carbons (Fsp3) is 0.346. The summed E-state index contributed by atoms with van der Waals surface area (Å²) in [5.41, 5.74) is 3.66. The second-order valence-electron chi connectivity index (χ2n) is 8.33. The third-order valence-corrected chi connectivity index (χ3v) is 5.98. The van der Waals surface area contributed by atoms with Crippen LogP contribution in [-0.2, 0) is 19.6 Å². The molecule has 4 rings (SSSR count). The highest BCUT2D eigenvalue weighted by Gasteiger charge is 2.18. The van der Waals surface area contributed by atoms with Gasteiger partial charge in [0, 0.05) is 57.6 Å². The molecule has 172 valence electrons. The van der Waals surface area contributed by atoms with E-state index in [4.69, 9.17) is 0 Å². The normalized spacial score (nSPS) is 14.3. The van der Waals surface area contributed by atoms with Crippen LogP contribution >= 0.6 is 0 Å². The van der Waals surface area contributed by atoms with Gasteiger partial charge in [0.05, 0.1) is 0 Å². The predicted octanol–water partition coefficient (Wildman–Crippen LogP) is 2.91. The van der Waals surface area contributed by atoms with Gasteiger partial charge in [0.1, 0.15) is 5.69 Å².